The first-order valence-electron chi connectivity index (χ1n) is 7.90. The van der Waals surface area contributed by atoms with Crippen molar-refractivity contribution in [2.24, 2.45) is 4.99 Å². The second-order valence-electron chi connectivity index (χ2n) is 5.87. The van der Waals surface area contributed by atoms with Crippen LogP contribution in [0, 0.1) is 0 Å². The van der Waals surface area contributed by atoms with E-state index in [9.17, 15) is 8.42 Å². The van der Waals surface area contributed by atoms with Crippen molar-refractivity contribution in [3.05, 3.63) is 18.2 Å². The number of thioether (sulfide) groups is 1. The average molecular weight is 386 g/mol. The summed E-state index contributed by atoms with van der Waals surface area (Å²) in [5, 5.41) is 0.828. The van der Waals surface area contributed by atoms with Crippen LogP contribution in [0.3, 0.4) is 0 Å². The lowest BCUT2D eigenvalue weighted by molar-refractivity contribution is 0.219. The van der Waals surface area contributed by atoms with Gasteiger partial charge in [0.2, 0.25) is 0 Å². The Morgan fingerprint density at radius 1 is 1.20 bits per heavy atom. The van der Waals surface area contributed by atoms with Gasteiger partial charge in [-0.2, -0.15) is 0 Å². The van der Waals surface area contributed by atoms with E-state index in [4.69, 9.17) is 14.2 Å². The van der Waals surface area contributed by atoms with Gasteiger partial charge < -0.3 is 19.1 Å². The van der Waals surface area contributed by atoms with Crippen LogP contribution in [-0.2, 0) is 14.6 Å². The first kappa shape index (κ1) is 18.3. The van der Waals surface area contributed by atoms with Crippen molar-refractivity contribution in [2.75, 3.05) is 50.1 Å². The maximum absolute atomic E-state index is 12.0. The van der Waals surface area contributed by atoms with E-state index < -0.39 is 9.84 Å². The molecule has 0 bridgehead atoms. The van der Waals surface area contributed by atoms with Gasteiger partial charge in [-0.1, -0.05) is 11.8 Å². The summed E-state index contributed by atoms with van der Waals surface area (Å²) < 4.78 is 39.9. The lowest BCUT2D eigenvalue weighted by atomic mass is 10.1. The molecule has 2 heterocycles. The lowest BCUT2D eigenvalue weighted by Gasteiger charge is -2.27. The summed E-state index contributed by atoms with van der Waals surface area (Å²) in [5.41, 5.74) is 0.853. The summed E-state index contributed by atoms with van der Waals surface area (Å²) >= 11 is 1.58. The molecule has 0 saturated carbocycles. The number of hydrogen-bond acceptors (Lipinski definition) is 8. The van der Waals surface area contributed by atoms with Crippen molar-refractivity contribution in [1.29, 1.82) is 0 Å². The second kappa shape index (κ2) is 7.43. The van der Waals surface area contributed by atoms with E-state index in [2.05, 4.69) is 4.99 Å². The molecule has 0 radical (unpaired) electrons. The third kappa shape index (κ3) is 3.73. The Labute approximate surface area is 152 Å². The van der Waals surface area contributed by atoms with Gasteiger partial charge in [-0.25, -0.2) is 8.42 Å². The lowest BCUT2D eigenvalue weighted by Crippen LogP contribution is -2.39. The monoisotopic (exact) mass is 386 g/mol. The molecule has 0 aliphatic carbocycles. The topological polar surface area (TPSA) is 77.4 Å². The summed E-state index contributed by atoms with van der Waals surface area (Å²) in [6, 6.07) is 5.19. The first-order chi connectivity index (χ1) is 12.0. The number of amidine groups is 1. The minimum atomic E-state index is -3.06. The summed E-state index contributed by atoms with van der Waals surface area (Å²) in [6.45, 7) is 0.608. The van der Waals surface area contributed by atoms with Crippen molar-refractivity contribution in [3.63, 3.8) is 0 Å². The predicted octanol–water partition coefficient (Wildman–Crippen LogP) is 1.43. The van der Waals surface area contributed by atoms with Crippen LogP contribution < -0.4 is 14.4 Å². The molecule has 0 amide bonds. The molecule has 7 nitrogen and oxygen atoms in total. The summed E-state index contributed by atoms with van der Waals surface area (Å²) in [7, 11) is 1.76. The number of methoxy groups -OCH3 is 3. The quantitative estimate of drug-likeness (QED) is 0.685. The molecule has 2 atom stereocenters. The van der Waals surface area contributed by atoms with Gasteiger partial charge in [0.25, 0.3) is 0 Å². The minimum Gasteiger partial charge on any atom is -0.493 e. The third-order valence-electron chi connectivity index (χ3n) is 4.27. The Balaban J connectivity index is 1.93. The molecule has 0 N–H and O–H groups in total. The predicted molar refractivity (Wildman–Crippen MR) is 100 cm³/mol. The zero-order valence-electron chi connectivity index (χ0n) is 14.5. The molecule has 1 aromatic rings. The largest absolute Gasteiger partial charge is 0.493 e. The van der Waals surface area contributed by atoms with E-state index in [-0.39, 0.29) is 23.6 Å². The molecule has 0 aromatic heterocycles. The molecule has 9 heteroatoms. The Morgan fingerprint density at radius 3 is 2.64 bits per heavy atom. The van der Waals surface area contributed by atoms with Crippen LogP contribution in [0.1, 0.15) is 0 Å². The van der Waals surface area contributed by atoms with Gasteiger partial charge in [0.15, 0.2) is 26.5 Å². The molecule has 1 saturated heterocycles. The minimum absolute atomic E-state index is 0.107. The van der Waals surface area contributed by atoms with Crippen molar-refractivity contribution in [1.82, 2.24) is 0 Å². The maximum Gasteiger partial charge on any atom is 0.164 e. The van der Waals surface area contributed by atoms with Crippen LogP contribution in [-0.4, -0.2) is 70.9 Å². The van der Waals surface area contributed by atoms with Gasteiger partial charge >= 0.3 is 0 Å². The van der Waals surface area contributed by atoms with Crippen LogP contribution in [0.5, 0.6) is 11.5 Å². The fourth-order valence-corrected chi connectivity index (χ4v) is 5.99. The maximum atomic E-state index is 12.0. The van der Waals surface area contributed by atoms with Gasteiger partial charge in [-0.05, 0) is 12.1 Å². The smallest absolute Gasteiger partial charge is 0.164 e. The van der Waals surface area contributed by atoms with E-state index in [0.717, 1.165) is 16.6 Å². The Bertz CT molecular complexity index is 766. The first-order valence-corrected chi connectivity index (χ1v) is 10.7. The van der Waals surface area contributed by atoms with Crippen molar-refractivity contribution >= 4 is 32.5 Å². The molecule has 2 aliphatic rings. The van der Waals surface area contributed by atoms with Crippen LogP contribution in [0.25, 0.3) is 0 Å². The molecule has 0 unspecified atom stereocenters. The number of nitrogens with zero attached hydrogens (tertiary/aromatic N) is 2. The molecule has 1 aromatic carbocycles. The molecule has 25 heavy (non-hydrogen) atoms. The zero-order valence-corrected chi connectivity index (χ0v) is 16.1. The molecular weight excluding hydrogens is 364 g/mol. The molecule has 138 valence electrons. The summed E-state index contributed by atoms with van der Waals surface area (Å²) in [5.74, 6) is 2.21. The van der Waals surface area contributed by atoms with Gasteiger partial charge in [0.05, 0.1) is 44.4 Å². The van der Waals surface area contributed by atoms with Crippen molar-refractivity contribution in [2.45, 2.75) is 12.1 Å². The third-order valence-corrected chi connectivity index (χ3v) is 6.90. The van der Waals surface area contributed by atoms with Crippen LogP contribution >= 0.6 is 11.8 Å². The number of fused-ring (bicyclic) bond motifs is 1. The summed E-state index contributed by atoms with van der Waals surface area (Å²) in [6.07, 6.45) is 0. The van der Waals surface area contributed by atoms with Crippen molar-refractivity contribution in [3.8, 4) is 11.5 Å². The highest BCUT2D eigenvalue weighted by Crippen LogP contribution is 2.38. The second-order valence-corrected chi connectivity index (χ2v) is 9.09. The van der Waals surface area contributed by atoms with Gasteiger partial charge in [-0.15, -0.1) is 0 Å². The SMILES string of the molecule is COCCSC1=N[C@H]2CS(=O)(=O)C[C@H]2N1c1ccc(OC)c(OC)c1. The van der Waals surface area contributed by atoms with E-state index in [1.807, 2.05) is 23.1 Å². The van der Waals surface area contributed by atoms with E-state index in [1.165, 1.54) is 0 Å². The number of anilines is 1. The molecule has 0 spiro atoms. The number of rotatable bonds is 6. The number of sulfone groups is 1. The highest BCUT2D eigenvalue weighted by molar-refractivity contribution is 8.14. The summed E-state index contributed by atoms with van der Waals surface area (Å²) in [4.78, 5) is 6.68. The molecule has 2 aliphatic heterocycles. The van der Waals surface area contributed by atoms with Crippen LogP contribution in [0.4, 0.5) is 5.69 Å². The Hall–Kier alpha value is -1.45. The highest BCUT2D eigenvalue weighted by Gasteiger charge is 2.47. The number of aliphatic imine (C=N–C) groups is 1. The average Bonchev–Trinajstić information content (AvgIpc) is 3.05. The van der Waals surface area contributed by atoms with Crippen LogP contribution in [0.2, 0.25) is 0 Å². The fourth-order valence-electron chi connectivity index (χ4n) is 3.13. The van der Waals surface area contributed by atoms with E-state index >= 15 is 0 Å². The van der Waals surface area contributed by atoms with Gasteiger partial charge in [0.1, 0.15) is 0 Å². The Morgan fingerprint density at radius 2 is 1.96 bits per heavy atom. The Kier molecular flexibility index (Phi) is 5.45. The number of benzene rings is 1. The van der Waals surface area contributed by atoms with Crippen LogP contribution in [0.15, 0.2) is 23.2 Å². The van der Waals surface area contributed by atoms with E-state index in [1.54, 1.807) is 33.1 Å². The molecule has 1 fully saturated rings. The number of hydrogen-bond donors (Lipinski definition) is 0. The van der Waals surface area contributed by atoms with Gasteiger partial charge in [-0.3, -0.25) is 4.99 Å². The standard InChI is InChI=1S/C16H22N2O5S2/c1-21-6-7-24-16-17-12-9-25(19,20)10-13(12)18(16)11-4-5-14(22-2)15(8-11)23-3/h4-5,8,12-13H,6-7,9-10H2,1-3H3/t12-,13+/m0/s1. The molecular formula is C16H22N2O5S2. The van der Waals surface area contributed by atoms with Gasteiger partial charge in [0, 0.05) is 24.6 Å². The molecule has 3 rings (SSSR count). The highest BCUT2D eigenvalue weighted by atomic mass is 32.2. The van der Waals surface area contributed by atoms with Crippen molar-refractivity contribution < 1.29 is 22.6 Å². The fraction of sp³-hybridized carbons (Fsp3) is 0.562. The normalized spacial score (nSPS) is 24.1. The number of ether oxygens (including phenoxy) is 3. The zero-order chi connectivity index (χ0) is 18.0. The van der Waals surface area contributed by atoms with E-state index in [0.29, 0.717) is 18.1 Å².